The van der Waals surface area contributed by atoms with Crippen LogP contribution in [-0.4, -0.2) is 12.5 Å². The second kappa shape index (κ2) is 11.7. The highest BCUT2D eigenvalue weighted by Gasteiger charge is 2.12. The smallest absolute Gasteiger partial charge is 0.266 e. The topological polar surface area (TPSA) is 71.3 Å². The van der Waals surface area contributed by atoms with Crippen LogP contribution >= 0.6 is 0 Å². The van der Waals surface area contributed by atoms with Crippen LogP contribution in [0.5, 0.6) is 11.5 Å². The molecule has 36 heavy (non-hydrogen) atoms. The van der Waals surface area contributed by atoms with Gasteiger partial charge >= 0.3 is 0 Å². The summed E-state index contributed by atoms with van der Waals surface area (Å²) in [7, 11) is 0. The lowest BCUT2D eigenvalue weighted by molar-refractivity contribution is -0.112. The van der Waals surface area contributed by atoms with Gasteiger partial charge < -0.3 is 14.8 Å². The van der Waals surface area contributed by atoms with Gasteiger partial charge in [-0.25, -0.2) is 0 Å². The van der Waals surface area contributed by atoms with E-state index < -0.39 is 5.91 Å². The Bertz CT molecular complexity index is 1430. The first-order valence-corrected chi connectivity index (χ1v) is 12.0. The number of fused-ring (bicyclic) bond motifs is 1. The number of hydrogen-bond donors (Lipinski definition) is 1. The predicted molar refractivity (Wildman–Crippen MR) is 144 cm³/mol. The van der Waals surface area contributed by atoms with Gasteiger partial charge in [0.1, 0.15) is 18.2 Å². The lowest BCUT2D eigenvalue weighted by Crippen LogP contribution is -2.13. The molecule has 0 aliphatic heterocycles. The summed E-state index contributed by atoms with van der Waals surface area (Å²) >= 11 is 0. The van der Waals surface area contributed by atoms with Crippen LogP contribution in [0.3, 0.4) is 0 Å². The summed E-state index contributed by atoms with van der Waals surface area (Å²) in [4.78, 5) is 12.7. The maximum atomic E-state index is 12.7. The van der Waals surface area contributed by atoms with E-state index in [2.05, 4.69) is 30.4 Å². The van der Waals surface area contributed by atoms with Gasteiger partial charge in [-0.15, -0.1) is 0 Å². The van der Waals surface area contributed by atoms with Crippen molar-refractivity contribution in [2.75, 3.05) is 11.9 Å². The van der Waals surface area contributed by atoms with Crippen LogP contribution in [-0.2, 0) is 17.8 Å². The summed E-state index contributed by atoms with van der Waals surface area (Å²) < 4.78 is 11.9. The fourth-order valence-corrected chi connectivity index (χ4v) is 3.91. The molecule has 5 heteroatoms. The number of benzene rings is 4. The molecule has 0 saturated heterocycles. The number of amides is 1. The average Bonchev–Trinajstić information content (AvgIpc) is 2.91. The minimum Gasteiger partial charge on any atom is -0.490 e. The Morgan fingerprint density at radius 3 is 2.44 bits per heavy atom. The summed E-state index contributed by atoms with van der Waals surface area (Å²) in [6.45, 7) is 4.81. The van der Waals surface area contributed by atoms with Crippen molar-refractivity contribution in [1.82, 2.24) is 0 Å². The molecule has 0 aliphatic rings. The predicted octanol–water partition coefficient (Wildman–Crippen LogP) is 6.93. The Hall–Kier alpha value is -4.56. The highest BCUT2D eigenvalue weighted by molar-refractivity contribution is 6.09. The van der Waals surface area contributed by atoms with E-state index in [1.807, 2.05) is 67.6 Å². The van der Waals surface area contributed by atoms with Crippen LogP contribution in [0, 0.1) is 11.3 Å². The van der Waals surface area contributed by atoms with E-state index in [4.69, 9.17) is 9.47 Å². The fraction of sp³-hybridized carbons (Fsp3) is 0.161. The molecule has 180 valence electrons. The quantitative estimate of drug-likeness (QED) is 0.210. The number of nitriles is 1. The standard InChI is InChI=1S/C31H28N2O3/c1-3-22-12-15-27(16-13-22)33-31(34)26(20-32)18-23-14-17-29(30(19-23)35-4-2)36-21-25-10-7-9-24-8-5-6-11-28(24)25/h5-19H,3-4,21H2,1-2H3,(H,33,34)/b26-18+. The Morgan fingerprint density at radius 2 is 1.69 bits per heavy atom. The summed E-state index contributed by atoms with van der Waals surface area (Å²) in [5, 5.41) is 14.7. The van der Waals surface area contributed by atoms with Gasteiger partial charge in [-0.3, -0.25) is 4.79 Å². The van der Waals surface area contributed by atoms with Crippen LogP contribution in [0.4, 0.5) is 5.69 Å². The number of rotatable bonds is 9. The van der Waals surface area contributed by atoms with Crippen LogP contribution in [0.15, 0.2) is 90.5 Å². The van der Waals surface area contributed by atoms with Gasteiger partial charge in [-0.05, 0) is 71.1 Å². The number of nitrogens with one attached hydrogen (secondary N) is 1. The molecule has 0 aliphatic carbocycles. The number of anilines is 1. The van der Waals surface area contributed by atoms with Gasteiger partial charge in [0, 0.05) is 5.69 Å². The van der Waals surface area contributed by atoms with E-state index in [0.717, 1.165) is 22.8 Å². The Morgan fingerprint density at radius 1 is 0.917 bits per heavy atom. The largest absolute Gasteiger partial charge is 0.490 e. The maximum absolute atomic E-state index is 12.7. The van der Waals surface area contributed by atoms with Gasteiger partial charge in [0.25, 0.3) is 5.91 Å². The minimum atomic E-state index is -0.462. The summed E-state index contributed by atoms with van der Waals surface area (Å²) in [5.74, 6) is 0.691. The third-order valence-electron chi connectivity index (χ3n) is 5.83. The van der Waals surface area contributed by atoms with Crippen molar-refractivity contribution in [3.8, 4) is 17.6 Å². The van der Waals surface area contributed by atoms with Crippen molar-refractivity contribution in [1.29, 1.82) is 5.26 Å². The average molecular weight is 477 g/mol. The van der Waals surface area contributed by atoms with Crippen LogP contribution in [0.2, 0.25) is 0 Å². The summed E-state index contributed by atoms with van der Waals surface area (Å²) in [6.07, 6.45) is 2.47. The van der Waals surface area contributed by atoms with E-state index in [1.165, 1.54) is 5.56 Å². The lowest BCUT2D eigenvalue weighted by Gasteiger charge is -2.14. The van der Waals surface area contributed by atoms with E-state index in [1.54, 1.807) is 18.2 Å². The lowest BCUT2D eigenvalue weighted by atomic mass is 10.1. The van der Waals surface area contributed by atoms with Crippen molar-refractivity contribution in [2.24, 2.45) is 0 Å². The molecule has 0 aromatic heterocycles. The van der Waals surface area contributed by atoms with Crippen molar-refractivity contribution < 1.29 is 14.3 Å². The number of ether oxygens (including phenoxy) is 2. The zero-order valence-electron chi connectivity index (χ0n) is 20.5. The Balaban J connectivity index is 1.52. The van der Waals surface area contributed by atoms with Crippen LogP contribution < -0.4 is 14.8 Å². The molecule has 0 unspecified atom stereocenters. The zero-order chi connectivity index (χ0) is 25.3. The minimum absolute atomic E-state index is 0.00133. The Labute approximate surface area is 211 Å². The molecule has 0 fully saturated rings. The molecule has 1 amide bonds. The van der Waals surface area contributed by atoms with E-state index in [0.29, 0.717) is 36.0 Å². The normalized spacial score (nSPS) is 11.1. The maximum Gasteiger partial charge on any atom is 0.266 e. The van der Waals surface area contributed by atoms with E-state index in [9.17, 15) is 10.1 Å². The molecule has 1 N–H and O–H groups in total. The molecule has 0 saturated carbocycles. The highest BCUT2D eigenvalue weighted by Crippen LogP contribution is 2.31. The number of hydrogen-bond acceptors (Lipinski definition) is 4. The van der Waals surface area contributed by atoms with Gasteiger partial charge in [0.15, 0.2) is 11.5 Å². The van der Waals surface area contributed by atoms with Crippen molar-refractivity contribution >= 4 is 28.4 Å². The monoisotopic (exact) mass is 476 g/mol. The summed E-state index contributed by atoms with van der Waals surface area (Å²) in [5.41, 5.74) is 3.57. The number of aryl methyl sites for hydroxylation is 1. The van der Waals surface area contributed by atoms with Crippen molar-refractivity contribution in [2.45, 2.75) is 26.9 Å². The molecule has 0 heterocycles. The highest BCUT2D eigenvalue weighted by atomic mass is 16.5. The molecule has 0 atom stereocenters. The first kappa shape index (κ1) is 24.6. The molecule has 0 radical (unpaired) electrons. The molecular weight excluding hydrogens is 448 g/mol. The van der Waals surface area contributed by atoms with Gasteiger partial charge in [0.05, 0.1) is 6.61 Å². The van der Waals surface area contributed by atoms with Crippen LogP contribution in [0.25, 0.3) is 16.8 Å². The van der Waals surface area contributed by atoms with Crippen molar-refractivity contribution in [3.63, 3.8) is 0 Å². The third kappa shape index (κ3) is 5.92. The van der Waals surface area contributed by atoms with Crippen LogP contribution in [0.1, 0.15) is 30.5 Å². The fourth-order valence-electron chi connectivity index (χ4n) is 3.91. The van der Waals surface area contributed by atoms with Crippen molar-refractivity contribution in [3.05, 3.63) is 107 Å². The summed E-state index contributed by atoms with van der Waals surface area (Å²) in [6, 6.07) is 29.3. The van der Waals surface area contributed by atoms with Gasteiger partial charge in [-0.1, -0.05) is 67.6 Å². The molecule has 4 aromatic carbocycles. The molecule has 0 spiro atoms. The number of carbonyl (C=O) groups excluding carboxylic acids is 1. The Kier molecular flexibility index (Phi) is 8.00. The molecule has 5 nitrogen and oxygen atoms in total. The van der Waals surface area contributed by atoms with E-state index >= 15 is 0 Å². The molecule has 4 aromatic rings. The second-order valence-electron chi connectivity index (χ2n) is 8.24. The molecule has 0 bridgehead atoms. The van der Waals surface area contributed by atoms with Gasteiger partial charge in [0.2, 0.25) is 0 Å². The second-order valence-corrected chi connectivity index (χ2v) is 8.24. The zero-order valence-corrected chi connectivity index (χ0v) is 20.5. The van der Waals surface area contributed by atoms with Gasteiger partial charge in [-0.2, -0.15) is 5.26 Å². The molecular formula is C31H28N2O3. The van der Waals surface area contributed by atoms with E-state index in [-0.39, 0.29) is 5.57 Å². The molecule has 4 rings (SSSR count). The third-order valence-corrected chi connectivity index (χ3v) is 5.83. The number of carbonyl (C=O) groups is 1. The SMILES string of the molecule is CCOc1cc(/C=C(\C#N)C(=O)Nc2ccc(CC)cc2)ccc1OCc1cccc2ccccc12. The first-order chi connectivity index (χ1) is 17.6. The first-order valence-electron chi connectivity index (χ1n) is 12.0. The number of nitrogens with zero attached hydrogens (tertiary/aromatic N) is 1.